The maximum absolute atomic E-state index is 9.48. The molecule has 1 aliphatic rings. The van der Waals surface area contributed by atoms with E-state index in [2.05, 4.69) is 20.1 Å². The summed E-state index contributed by atoms with van der Waals surface area (Å²) < 4.78 is 0. The van der Waals surface area contributed by atoms with Gasteiger partial charge in [-0.05, 0) is 43.0 Å². The minimum atomic E-state index is 0.274. The first-order chi connectivity index (χ1) is 10.2. The number of anilines is 1. The minimum Gasteiger partial charge on any atom is -0.508 e. The van der Waals surface area contributed by atoms with E-state index in [1.165, 1.54) is 0 Å². The minimum absolute atomic E-state index is 0.274. The number of hydrogen-bond donors (Lipinski definition) is 3. The van der Waals surface area contributed by atoms with Crippen molar-refractivity contribution in [3.8, 4) is 5.75 Å². The van der Waals surface area contributed by atoms with E-state index in [0.717, 1.165) is 49.8 Å². The van der Waals surface area contributed by atoms with E-state index in [0.29, 0.717) is 12.3 Å². The molecule has 1 saturated heterocycles. The molecule has 0 saturated carbocycles. The maximum atomic E-state index is 9.48. The van der Waals surface area contributed by atoms with Crippen molar-refractivity contribution in [2.75, 3.05) is 24.5 Å². The predicted octanol–water partition coefficient (Wildman–Crippen LogP) is 1.28. The molecule has 112 valence electrons. The van der Waals surface area contributed by atoms with Gasteiger partial charge in [0.05, 0.1) is 0 Å². The summed E-state index contributed by atoms with van der Waals surface area (Å²) in [6, 6.07) is 7.21. The molecule has 0 radical (unpaired) electrons. The summed E-state index contributed by atoms with van der Waals surface area (Å²) in [7, 11) is 0. The van der Waals surface area contributed by atoms with Crippen LogP contribution in [-0.2, 0) is 6.42 Å². The Kier molecular flexibility index (Phi) is 4.06. The smallest absolute Gasteiger partial charge is 0.244 e. The second kappa shape index (κ2) is 6.13. The zero-order valence-corrected chi connectivity index (χ0v) is 12.0. The van der Waals surface area contributed by atoms with Gasteiger partial charge in [0, 0.05) is 19.5 Å². The molecule has 21 heavy (non-hydrogen) atoms. The van der Waals surface area contributed by atoms with Crippen molar-refractivity contribution in [3.63, 3.8) is 0 Å². The summed E-state index contributed by atoms with van der Waals surface area (Å²) in [6.45, 7) is 2.70. The Morgan fingerprint density at radius 3 is 2.86 bits per heavy atom. The van der Waals surface area contributed by atoms with Gasteiger partial charge in [-0.25, -0.2) is 0 Å². The fourth-order valence-electron chi connectivity index (χ4n) is 2.73. The monoisotopic (exact) mass is 287 g/mol. The van der Waals surface area contributed by atoms with E-state index in [9.17, 15) is 5.11 Å². The molecule has 0 aliphatic carbocycles. The van der Waals surface area contributed by atoms with Crippen molar-refractivity contribution >= 4 is 5.95 Å². The number of H-pyrrole nitrogens is 1. The molecule has 1 aromatic carbocycles. The molecule has 6 nitrogen and oxygen atoms in total. The van der Waals surface area contributed by atoms with Crippen molar-refractivity contribution in [3.05, 3.63) is 35.7 Å². The number of aromatic amines is 1. The van der Waals surface area contributed by atoms with Crippen molar-refractivity contribution in [2.45, 2.75) is 19.3 Å². The largest absolute Gasteiger partial charge is 0.508 e. The maximum Gasteiger partial charge on any atom is 0.244 e. The lowest BCUT2D eigenvalue weighted by atomic mass is 9.97. The third-order valence-electron chi connectivity index (χ3n) is 4.03. The number of nitrogens with zero attached hydrogens (tertiary/aromatic N) is 3. The van der Waals surface area contributed by atoms with Crippen molar-refractivity contribution in [1.82, 2.24) is 15.2 Å². The standard InChI is InChI=1S/C15H21N5O/c16-10-11-4-6-20(7-5-11)15-17-14(18-19-15)9-12-2-1-3-13(21)8-12/h1-3,8,11,21H,4-7,9-10,16H2,(H,17,18,19). The molecule has 1 aromatic heterocycles. The van der Waals surface area contributed by atoms with Gasteiger partial charge in [0.25, 0.3) is 0 Å². The summed E-state index contributed by atoms with van der Waals surface area (Å²) in [5.74, 6) is 2.49. The van der Waals surface area contributed by atoms with Gasteiger partial charge in [-0.1, -0.05) is 12.1 Å². The molecular formula is C15H21N5O. The van der Waals surface area contributed by atoms with Crippen LogP contribution < -0.4 is 10.6 Å². The highest BCUT2D eigenvalue weighted by Crippen LogP contribution is 2.20. The van der Waals surface area contributed by atoms with Gasteiger partial charge in [0.2, 0.25) is 5.95 Å². The number of nitrogens with two attached hydrogens (primary N) is 1. The Balaban J connectivity index is 1.64. The Hall–Kier alpha value is -2.08. The fourth-order valence-corrected chi connectivity index (χ4v) is 2.73. The van der Waals surface area contributed by atoms with Gasteiger partial charge in [0.1, 0.15) is 11.6 Å². The van der Waals surface area contributed by atoms with E-state index < -0.39 is 0 Å². The molecule has 6 heteroatoms. The van der Waals surface area contributed by atoms with Gasteiger partial charge in [0.15, 0.2) is 0 Å². The molecule has 0 bridgehead atoms. The topological polar surface area (TPSA) is 91.1 Å². The lowest BCUT2D eigenvalue weighted by Gasteiger charge is -2.30. The summed E-state index contributed by atoms with van der Waals surface area (Å²) >= 11 is 0. The molecule has 0 spiro atoms. The van der Waals surface area contributed by atoms with Gasteiger partial charge < -0.3 is 15.7 Å². The van der Waals surface area contributed by atoms with Crippen LogP contribution in [0.25, 0.3) is 0 Å². The van der Waals surface area contributed by atoms with Gasteiger partial charge >= 0.3 is 0 Å². The van der Waals surface area contributed by atoms with E-state index in [4.69, 9.17) is 5.73 Å². The van der Waals surface area contributed by atoms with Crippen LogP contribution in [0.4, 0.5) is 5.95 Å². The zero-order chi connectivity index (χ0) is 14.7. The molecule has 0 atom stereocenters. The molecular weight excluding hydrogens is 266 g/mol. The van der Waals surface area contributed by atoms with E-state index in [1.807, 2.05) is 12.1 Å². The fraction of sp³-hybridized carbons (Fsp3) is 0.467. The summed E-state index contributed by atoms with van der Waals surface area (Å²) in [5, 5.41) is 16.8. The molecule has 4 N–H and O–H groups in total. The number of aromatic hydroxyl groups is 1. The van der Waals surface area contributed by atoms with Crippen LogP contribution in [-0.4, -0.2) is 39.9 Å². The van der Waals surface area contributed by atoms with E-state index >= 15 is 0 Å². The number of aromatic nitrogens is 3. The SMILES string of the molecule is NCC1CCN(c2n[nH]c(Cc3cccc(O)c3)n2)CC1. The first kappa shape index (κ1) is 13.9. The molecule has 1 fully saturated rings. The highest BCUT2D eigenvalue weighted by molar-refractivity contribution is 5.32. The van der Waals surface area contributed by atoms with Crippen LogP contribution in [0.3, 0.4) is 0 Å². The molecule has 3 rings (SSSR count). The lowest BCUT2D eigenvalue weighted by Crippen LogP contribution is -2.36. The number of benzene rings is 1. The van der Waals surface area contributed by atoms with Crippen molar-refractivity contribution < 1.29 is 5.11 Å². The second-order valence-electron chi connectivity index (χ2n) is 5.59. The number of piperidine rings is 1. The van der Waals surface area contributed by atoms with E-state index in [-0.39, 0.29) is 5.75 Å². The average molecular weight is 287 g/mol. The third kappa shape index (κ3) is 3.33. The normalized spacial score (nSPS) is 16.3. The highest BCUT2D eigenvalue weighted by Gasteiger charge is 2.20. The van der Waals surface area contributed by atoms with Gasteiger partial charge in [-0.3, -0.25) is 5.10 Å². The Morgan fingerprint density at radius 1 is 1.33 bits per heavy atom. The quantitative estimate of drug-likeness (QED) is 0.788. The molecule has 2 heterocycles. The van der Waals surface area contributed by atoms with Crippen molar-refractivity contribution in [1.29, 1.82) is 0 Å². The van der Waals surface area contributed by atoms with Crippen LogP contribution in [0.5, 0.6) is 5.75 Å². The summed E-state index contributed by atoms with van der Waals surface area (Å²) in [5.41, 5.74) is 6.73. The molecule has 0 unspecified atom stereocenters. The average Bonchev–Trinajstić information content (AvgIpc) is 2.96. The van der Waals surface area contributed by atoms with Crippen LogP contribution >= 0.6 is 0 Å². The number of rotatable bonds is 4. The summed E-state index contributed by atoms with van der Waals surface area (Å²) in [6.07, 6.45) is 2.85. The highest BCUT2D eigenvalue weighted by atomic mass is 16.3. The zero-order valence-electron chi connectivity index (χ0n) is 12.0. The van der Waals surface area contributed by atoms with Crippen LogP contribution in [0.2, 0.25) is 0 Å². The van der Waals surface area contributed by atoms with Gasteiger partial charge in [-0.2, -0.15) is 4.98 Å². The first-order valence-electron chi connectivity index (χ1n) is 7.39. The summed E-state index contributed by atoms with van der Waals surface area (Å²) in [4.78, 5) is 6.76. The third-order valence-corrected chi connectivity index (χ3v) is 4.03. The molecule has 2 aromatic rings. The van der Waals surface area contributed by atoms with Crippen molar-refractivity contribution in [2.24, 2.45) is 11.7 Å². The Labute approximate surface area is 124 Å². The molecule has 1 aliphatic heterocycles. The van der Waals surface area contributed by atoms with Gasteiger partial charge in [-0.15, -0.1) is 5.10 Å². The van der Waals surface area contributed by atoms with E-state index in [1.54, 1.807) is 12.1 Å². The Bertz CT molecular complexity index is 589. The number of hydrogen-bond acceptors (Lipinski definition) is 5. The second-order valence-corrected chi connectivity index (χ2v) is 5.59. The number of phenolic OH excluding ortho intramolecular Hbond substituents is 1. The number of nitrogens with one attached hydrogen (secondary N) is 1. The molecule has 0 amide bonds. The van der Waals surface area contributed by atoms with Crippen LogP contribution in [0, 0.1) is 5.92 Å². The Morgan fingerprint density at radius 2 is 2.14 bits per heavy atom. The predicted molar refractivity (Wildman–Crippen MR) is 81.3 cm³/mol. The number of phenols is 1. The van der Waals surface area contributed by atoms with Crippen LogP contribution in [0.15, 0.2) is 24.3 Å². The lowest BCUT2D eigenvalue weighted by molar-refractivity contribution is 0.411. The first-order valence-corrected chi connectivity index (χ1v) is 7.39. The van der Waals surface area contributed by atoms with Crippen LogP contribution in [0.1, 0.15) is 24.2 Å².